The minimum atomic E-state index is -3.87. The van der Waals surface area contributed by atoms with Crippen molar-refractivity contribution in [2.24, 2.45) is 5.92 Å². The lowest BCUT2D eigenvalue weighted by atomic mass is 9.89. The molecule has 0 saturated carbocycles. The highest BCUT2D eigenvalue weighted by Gasteiger charge is 2.30. The number of para-hydroxylation sites is 2. The molecule has 0 bridgehead atoms. The number of carboxylic acids is 2. The quantitative estimate of drug-likeness (QED) is 0.234. The van der Waals surface area contributed by atoms with Crippen LogP contribution in [0.3, 0.4) is 0 Å². The Kier molecular flexibility index (Phi) is 12.6. The van der Waals surface area contributed by atoms with Crippen molar-refractivity contribution in [2.75, 3.05) is 51.7 Å². The number of methoxy groups -OCH3 is 1. The van der Waals surface area contributed by atoms with Gasteiger partial charge in [-0.15, -0.1) is 0 Å². The van der Waals surface area contributed by atoms with Crippen LogP contribution in [-0.2, 0) is 26.2 Å². The Hall–Kier alpha value is -4.33. The average molecular weight is 644 g/mol. The van der Waals surface area contributed by atoms with Gasteiger partial charge >= 0.3 is 11.9 Å². The van der Waals surface area contributed by atoms with Crippen molar-refractivity contribution in [3.63, 3.8) is 0 Å². The van der Waals surface area contributed by atoms with Gasteiger partial charge in [0.15, 0.2) is 5.78 Å². The largest absolute Gasteiger partial charge is 0.495 e. The van der Waals surface area contributed by atoms with E-state index in [1.165, 1.54) is 35.7 Å². The molecular formula is C32H38FN3O8S. The third kappa shape index (κ3) is 9.83. The van der Waals surface area contributed by atoms with Crippen LogP contribution in [-0.4, -0.2) is 93.5 Å². The zero-order valence-electron chi connectivity index (χ0n) is 25.4. The summed E-state index contributed by atoms with van der Waals surface area (Å²) in [4.78, 5) is 35.5. The number of aliphatic carboxylic acids is 2. The maximum atomic E-state index is 13.9. The van der Waals surface area contributed by atoms with E-state index in [9.17, 15) is 17.6 Å². The summed E-state index contributed by atoms with van der Waals surface area (Å²) in [6.45, 7) is 2.82. The highest BCUT2D eigenvalue weighted by atomic mass is 32.2. The fourth-order valence-electron chi connectivity index (χ4n) is 4.97. The monoisotopic (exact) mass is 643 g/mol. The topological polar surface area (TPSA) is 145 Å². The number of Topliss-reactive ketones (excluding diaryl/α,β-unsaturated/α-hetero) is 1. The van der Waals surface area contributed by atoms with Crippen molar-refractivity contribution < 1.29 is 42.1 Å². The van der Waals surface area contributed by atoms with Gasteiger partial charge in [0.25, 0.3) is 10.0 Å². The fraction of sp³-hybridized carbons (Fsp3) is 0.344. The Balaban J connectivity index is 0.000000838. The van der Waals surface area contributed by atoms with Crippen molar-refractivity contribution >= 4 is 33.4 Å². The molecule has 3 aromatic rings. The second kappa shape index (κ2) is 16.1. The van der Waals surface area contributed by atoms with E-state index in [1.54, 1.807) is 30.3 Å². The number of carboxylic acid groups (broad SMARTS) is 2. The first kappa shape index (κ1) is 35.2. The summed E-state index contributed by atoms with van der Waals surface area (Å²) in [5, 5.41) is 14.8. The van der Waals surface area contributed by atoms with Gasteiger partial charge in [0, 0.05) is 31.1 Å². The van der Waals surface area contributed by atoms with Gasteiger partial charge in [-0.05, 0) is 94.1 Å². The van der Waals surface area contributed by atoms with Crippen molar-refractivity contribution in [3.8, 4) is 5.75 Å². The first-order chi connectivity index (χ1) is 21.3. The number of likely N-dealkylation sites (tertiary alicyclic amines) is 1. The van der Waals surface area contributed by atoms with Gasteiger partial charge in [0.05, 0.1) is 17.7 Å². The normalized spacial score (nSPS) is 13.9. The van der Waals surface area contributed by atoms with Crippen molar-refractivity contribution in [1.82, 2.24) is 9.80 Å². The van der Waals surface area contributed by atoms with Crippen molar-refractivity contribution in [1.29, 1.82) is 0 Å². The van der Waals surface area contributed by atoms with E-state index in [1.807, 2.05) is 37.2 Å². The molecule has 1 aliphatic rings. The molecule has 1 heterocycles. The van der Waals surface area contributed by atoms with Gasteiger partial charge in [0.1, 0.15) is 11.6 Å². The highest BCUT2D eigenvalue weighted by molar-refractivity contribution is 7.92. The Bertz CT molecular complexity index is 1540. The summed E-state index contributed by atoms with van der Waals surface area (Å²) in [5.41, 5.74) is 2.04. The van der Waals surface area contributed by atoms with E-state index in [0.717, 1.165) is 12.1 Å². The fourth-order valence-corrected chi connectivity index (χ4v) is 6.43. The smallest absolute Gasteiger partial charge is 0.414 e. The van der Waals surface area contributed by atoms with Crippen LogP contribution in [0.4, 0.5) is 10.1 Å². The van der Waals surface area contributed by atoms with Crippen LogP contribution < -0.4 is 9.04 Å². The Labute approximate surface area is 262 Å². The van der Waals surface area contributed by atoms with E-state index in [0.29, 0.717) is 49.5 Å². The number of halogens is 1. The number of rotatable bonds is 11. The molecular weight excluding hydrogens is 605 g/mol. The summed E-state index contributed by atoms with van der Waals surface area (Å²) in [5.74, 6) is -3.62. The summed E-state index contributed by atoms with van der Waals surface area (Å²) in [6.07, 6.45) is 1.34. The maximum absolute atomic E-state index is 13.9. The Morgan fingerprint density at radius 1 is 0.911 bits per heavy atom. The molecule has 0 spiro atoms. The second-order valence-electron chi connectivity index (χ2n) is 10.7. The molecule has 0 radical (unpaired) electrons. The maximum Gasteiger partial charge on any atom is 0.414 e. The molecule has 242 valence electrons. The molecule has 0 amide bonds. The van der Waals surface area contributed by atoms with E-state index < -0.39 is 22.0 Å². The molecule has 0 aliphatic carbocycles. The van der Waals surface area contributed by atoms with Gasteiger partial charge in [-0.3, -0.25) is 9.10 Å². The number of nitrogens with zero attached hydrogens (tertiary/aromatic N) is 3. The lowest BCUT2D eigenvalue weighted by Crippen LogP contribution is -2.43. The molecule has 1 aliphatic heterocycles. The molecule has 1 saturated heterocycles. The lowest BCUT2D eigenvalue weighted by Gasteiger charge is -2.33. The predicted octanol–water partition coefficient (Wildman–Crippen LogP) is 3.84. The first-order valence-corrected chi connectivity index (χ1v) is 15.6. The molecule has 2 N–H and O–H groups in total. The van der Waals surface area contributed by atoms with Crippen LogP contribution >= 0.6 is 0 Å². The number of hydrogen-bond acceptors (Lipinski definition) is 8. The van der Waals surface area contributed by atoms with Crippen LogP contribution in [0.15, 0.2) is 77.7 Å². The van der Waals surface area contributed by atoms with Crippen LogP contribution in [0.5, 0.6) is 5.75 Å². The van der Waals surface area contributed by atoms with Crippen LogP contribution in [0, 0.1) is 11.7 Å². The zero-order valence-corrected chi connectivity index (χ0v) is 26.2. The van der Waals surface area contributed by atoms with E-state index in [2.05, 4.69) is 4.90 Å². The van der Waals surface area contributed by atoms with Gasteiger partial charge in [0.2, 0.25) is 0 Å². The van der Waals surface area contributed by atoms with E-state index in [4.69, 9.17) is 24.5 Å². The Morgan fingerprint density at radius 3 is 2.02 bits per heavy atom. The number of anilines is 1. The molecule has 45 heavy (non-hydrogen) atoms. The SMILES string of the molecule is COc1ccccc1N(CCN1CCC(C(=O)c2ccc(F)cc2)CC1)S(=O)(=O)c1ccc(CN(C)C)cc1.O=C(O)C(=O)O. The van der Waals surface area contributed by atoms with Crippen molar-refractivity contribution in [3.05, 3.63) is 89.7 Å². The molecule has 11 nitrogen and oxygen atoms in total. The second-order valence-corrected chi connectivity index (χ2v) is 12.6. The first-order valence-electron chi connectivity index (χ1n) is 14.2. The number of hydrogen-bond donors (Lipinski definition) is 2. The van der Waals surface area contributed by atoms with Gasteiger partial charge in [-0.2, -0.15) is 0 Å². The number of ketones is 1. The van der Waals surface area contributed by atoms with E-state index >= 15 is 0 Å². The molecule has 1 fully saturated rings. The van der Waals surface area contributed by atoms with Gasteiger partial charge in [-0.25, -0.2) is 22.4 Å². The van der Waals surface area contributed by atoms with Crippen LogP contribution in [0.1, 0.15) is 28.8 Å². The predicted molar refractivity (Wildman–Crippen MR) is 167 cm³/mol. The lowest BCUT2D eigenvalue weighted by molar-refractivity contribution is -0.159. The number of carbonyl (C=O) groups excluding carboxylic acids is 1. The minimum Gasteiger partial charge on any atom is -0.495 e. The van der Waals surface area contributed by atoms with Crippen LogP contribution in [0.25, 0.3) is 0 Å². The van der Waals surface area contributed by atoms with E-state index in [-0.39, 0.29) is 29.0 Å². The van der Waals surface area contributed by atoms with Crippen LogP contribution in [0.2, 0.25) is 0 Å². The molecule has 0 atom stereocenters. The molecule has 13 heteroatoms. The average Bonchev–Trinajstić information content (AvgIpc) is 3.02. The molecule has 0 unspecified atom stereocenters. The summed E-state index contributed by atoms with van der Waals surface area (Å²) >= 11 is 0. The molecule has 0 aromatic heterocycles. The third-order valence-corrected chi connectivity index (χ3v) is 9.08. The molecule has 4 rings (SSSR count). The Morgan fingerprint density at radius 2 is 1.49 bits per heavy atom. The standard InChI is InChI=1S/C30H36FN3O4S.C2H2O4/c1-32(2)22-23-8-14-27(15-9-23)39(36,37)34(28-6-4-5-7-29(28)38-3)21-20-33-18-16-25(17-19-33)30(35)24-10-12-26(31)13-11-24;3-1(4)2(5)6/h4-15,25H,16-22H2,1-3H3;(H,3,4)(H,5,6). The number of sulfonamides is 1. The minimum absolute atomic E-state index is 0.0330. The van der Waals surface area contributed by atoms with Gasteiger partial charge in [-0.1, -0.05) is 24.3 Å². The third-order valence-electron chi connectivity index (χ3n) is 7.25. The highest BCUT2D eigenvalue weighted by Crippen LogP contribution is 2.32. The summed E-state index contributed by atoms with van der Waals surface area (Å²) < 4.78 is 48.0. The summed E-state index contributed by atoms with van der Waals surface area (Å²) in [7, 11) is 1.60. The summed E-state index contributed by atoms with van der Waals surface area (Å²) in [6, 6.07) is 19.8. The number of ether oxygens (including phenoxy) is 1. The van der Waals surface area contributed by atoms with Crippen molar-refractivity contribution in [2.45, 2.75) is 24.3 Å². The number of benzene rings is 3. The van der Waals surface area contributed by atoms with Gasteiger partial charge < -0.3 is 24.7 Å². The number of carbonyl (C=O) groups is 3. The number of piperidine rings is 1. The molecule has 3 aromatic carbocycles. The zero-order chi connectivity index (χ0) is 33.1.